The summed E-state index contributed by atoms with van der Waals surface area (Å²) in [6, 6.07) is 6.55. The van der Waals surface area contributed by atoms with Crippen LogP contribution in [0.25, 0.3) is 11.0 Å². The molecule has 0 aliphatic carbocycles. The molecule has 0 radical (unpaired) electrons. The summed E-state index contributed by atoms with van der Waals surface area (Å²) in [6.07, 6.45) is 1.94. The number of benzene rings is 1. The Labute approximate surface area is 127 Å². The van der Waals surface area contributed by atoms with Crippen molar-refractivity contribution in [2.75, 3.05) is 13.1 Å². The Kier molecular flexibility index (Phi) is 3.72. The first-order valence-electron chi connectivity index (χ1n) is 7.07. The molecule has 1 fully saturated rings. The lowest BCUT2D eigenvalue weighted by Gasteiger charge is -2.30. The molecule has 1 aliphatic heterocycles. The second-order valence-corrected chi connectivity index (χ2v) is 6.04. The van der Waals surface area contributed by atoms with Gasteiger partial charge in [0, 0.05) is 23.5 Å². The standard InChI is InChI=1S/C16H16ClNO3/c1-10-4-6-18(7-5-10)15(19)13-9-11-8-12(17)2-3-14(11)21-16(13)20/h2-3,8-10H,4-7H2,1H3. The minimum absolute atomic E-state index is 0.0827. The Bertz CT molecular complexity index is 745. The van der Waals surface area contributed by atoms with E-state index in [0.29, 0.717) is 35.0 Å². The second-order valence-electron chi connectivity index (χ2n) is 5.60. The zero-order valence-electron chi connectivity index (χ0n) is 11.8. The van der Waals surface area contributed by atoms with Crippen LogP contribution in [0.5, 0.6) is 0 Å². The minimum atomic E-state index is -0.589. The van der Waals surface area contributed by atoms with Gasteiger partial charge in [0.2, 0.25) is 0 Å². The molecule has 0 atom stereocenters. The average molecular weight is 306 g/mol. The highest BCUT2D eigenvalue weighted by Gasteiger charge is 2.24. The number of nitrogens with zero attached hydrogens (tertiary/aromatic N) is 1. The zero-order chi connectivity index (χ0) is 15.0. The quantitative estimate of drug-likeness (QED) is 0.759. The molecule has 1 saturated heterocycles. The number of amides is 1. The maximum Gasteiger partial charge on any atom is 0.349 e. The summed E-state index contributed by atoms with van der Waals surface area (Å²) in [5.74, 6) is 0.374. The van der Waals surface area contributed by atoms with Gasteiger partial charge in [0.25, 0.3) is 5.91 Å². The van der Waals surface area contributed by atoms with Crippen molar-refractivity contribution < 1.29 is 9.21 Å². The lowest BCUT2D eigenvalue weighted by molar-refractivity contribution is 0.0693. The summed E-state index contributed by atoms with van der Waals surface area (Å²) >= 11 is 5.94. The van der Waals surface area contributed by atoms with E-state index in [0.717, 1.165) is 12.8 Å². The number of fused-ring (bicyclic) bond motifs is 1. The second kappa shape index (κ2) is 5.53. The van der Waals surface area contributed by atoms with Crippen LogP contribution in [0.4, 0.5) is 0 Å². The van der Waals surface area contributed by atoms with Gasteiger partial charge in [-0.25, -0.2) is 4.79 Å². The third-order valence-electron chi connectivity index (χ3n) is 4.00. The van der Waals surface area contributed by atoms with E-state index in [9.17, 15) is 9.59 Å². The predicted octanol–water partition coefficient (Wildman–Crippen LogP) is 3.32. The summed E-state index contributed by atoms with van der Waals surface area (Å²) in [6.45, 7) is 3.55. The molecule has 0 unspecified atom stereocenters. The van der Waals surface area contributed by atoms with Crippen molar-refractivity contribution in [3.8, 4) is 0 Å². The summed E-state index contributed by atoms with van der Waals surface area (Å²) in [5, 5.41) is 1.21. The van der Waals surface area contributed by atoms with Gasteiger partial charge < -0.3 is 9.32 Å². The van der Waals surface area contributed by atoms with Gasteiger partial charge in [-0.3, -0.25) is 4.79 Å². The molecule has 0 spiro atoms. The smallest absolute Gasteiger partial charge is 0.349 e. The van der Waals surface area contributed by atoms with Gasteiger partial charge in [0.15, 0.2) is 0 Å². The van der Waals surface area contributed by atoms with E-state index < -0.39 is 5.63 Å². The van der Waals surface area contributed by atoms with Crippen molar-refractivity contribution in [2.24, 2.45) is 5.92 Å². The Morgan fingerprint density at radius 2 is 2.00 bits per heavy atom. The molecule has 4 nitrogen and oxygen atoms in total. The lowest BCUT2D eigenvalue weighted by Crippen LogP contribution is -2.39. The van der Waals surface area contributed by atoms with Crippen LogP contribution in [-0.4, -0.2) is 23.9 Å². The molecule has 21 heavy (non-hydrogen) atoms. The maximum absolute atomic E-state index is 12.5. The molecule has 2 aromatic rings. The molecule has 0 saturated carbocycles. The van der Waals surface area contributed by atoms with E-state index in [1.807, 2.05) is 0 Å². The first-order chi connectivity index (χ1) is 10.0. The van der Waals surface area contributed by atoms with Gasteiger partial charge in [-0.2, -0.15) is 0 Å². The molecule has 1 aliphatic rings. The first-order valence-corrected chi connectivity index (χ1v) is 7.45. The van der Waals surface area contributed by atoms with Gasteiger partial charge in [0.1, 0.15) is 11.1 Å². The lowest BCUT2D eigenvalue weighted by atomic mass is 9.99. The molecule has 3 rings (SSSR count). The SMILES string of the molecule is CC1CCN(C(=O)c2cc3cc(Cl)ccc3oc2=O)CC1. The Hall–Kier alpha value is -1.81. The monoisotopic (exact) mass is 305 g/mol. The highest BCUT2D eigenvalue weighted by molar-refractivity contribution is 6.31. The summed E-state index contributed by atoms with van der Waals surface area (Å²) in [4.78, 5) is 26.2. The Balaban J connectivity index is 1.97. The van der Waals surface area contributed by atoms with E-state index in [1.165, 1.54) is 0 Å². The van der Waals surface area contributed by atoms with E-state index >= 15 is 0 Å². The molecule has 0 N–H and O–H groups in total. The normalized spacial score (nSPS) is 16.4. The van der Waals surface area contributed by atoms with Gasteiger partial charge in [-0.1, -0.05) is 18.5 Å². The Morgan fingerprint density at radius 3 is 2.71 bits per heavy atom. The maximum atomic E-state index is 12.5. The fourth-order valence-corrected chi connectivity index (χ4v) is 2.81. The van der Waals surface area contributed by atoms with Crippen molar-refractivity contribution >= 4 is 28.5 Å². The van der Waals surface area contributed by atoms with Gasteiger partial charge >= 0.3 is 5.63 Å². The summed E-state index contributed by atoms with van der Waals surface area (Å²) in [7, 11) is 0. The fourth-order valence-electron chi connectivity index (χ4n) is 2.63. The molecule has 5 heteroatoms. The average Bonchev–Trinajstić information content (AvgIpc) is 2.47. The number of carbonyl (C=O) groups is 1. The van der Waals surface area contributed by atoms with E-state index in [4.69, 9.17) is 16.0 Å². The van der Waals surface area contributed by atoms with Gasteiger partial charge in [-0.15, -0.1) is 0 Å². The summed E-state index contributed by atoms with van der Waals surface area (Å²) in [5.41, 5.74) is -0.0685. The third kappa shape index (κ3) is 2.81. The number of hydrogen-bond donors (Lipinski definition) is 0. The third-order valence-corrected chi connectivity index (χ3v) is 4.23. The van der Waals surface area contributed by atoms with Gasteiger partial charge in [0.05, 0.1) is 0 Å². The van der Waals surface area contributed by atoms with E-state index in [2.05, 4.69) is 6.92 Å². The number of hydrogen-bond acceptors (Lipinski definition) is 3. The van der Waals surface area contributed by atoms with E-state index in [1.54, 1.807) is 29.2 Å². The molecule has 0 bridgehead atoms. The van der Waals surface area contributed by atoms with E-state index in [-0.39, 0.29) is 11.5 Å². The molecule has 1 aromatic heterocycles. The molecule has 1 aromatic carbocycles. The first kappa shape index (κ1) is 14.1. The number of carbonyl (C=O) groups excluding carboxylic acids is 1. The van der Waals surface area contributed by atoms with Crippen LogP contribution in [0.15, 0.2) is 33.5 Å². The molecule has 2 heterocycles. The highest BCUT2D eigenvalue weighted by Crippen LogP contribution is 2.21. The molecule has 1 amide bonds. The van der Waals surface area contributed by atoms with Crippen molar-refractivity contribution in [1.82, 2.24) is 4.90 Å². The van der Waals surface area contributed by atoms with Gasteiger partial charge in [-0.05, 0) is 43.0 Å². The molecular formula is C16H16ClNO3. The van der Waals surface area contributed by atoms with Crippen LogP contribution in [0.2, 0.25) is 5.02 Å². The number of rotatable bonds is 1. The van der Waals surface area contributed by atoms with Crippen molar-refractivity contribution in [3.63, 3.8) is 0 Å². The largest absolute Gasteiger partial charge is 0.422 e. The molecular weight excluding hydrogens is 290 g/mol. The summed E-state index contributed by atoms with van der Waals surface area (Å²) < 4.78 is 5.22. The number of likely N-dealkylation sites (tertiary alicyclic amines) is 1. The fraction of sp³-hybridized carbons (Fsp3) is 0.375. The van der Waals surface area contributed by atoms with Crippen LogP contribution in [0.3, 0.4) is 0 Å². The van der Waals surface area contributed by atoms with Crippen LogP contribution in [0.1, 0.15) is 30.1 Å². The zero-order valence-corrected chi connectivity index (χ0v) is 12.5. The highest BCUT2D eigenvalue weighted by atomic mass is 35.5. The number of halogens is 1. The number of piperidine rings is 1. The minimum Gasteiger partial charge on any atom is -0.422 e. The van der Waals surface area contributed by atoms with Crippen LogP contribution in [-0.2, 0) is 0 Å². The predicted molar refractivity (Wildman–Crippen MR) is 81.8 cm³/mol. The topological polar surface area (TPSA) is 50.5 Å². The van der Waals surface area contributed by atoms with Crippen molar-refractivity contribution in [3.05, 3.63) is 45.3 Å². The molecule has 110 valence electrons. The van der Waals surface area contributed by atoms with Crippen LogP contribution >= 0.6 is 11.6 Å². The van der Waals surface area contributed by atoms with Crippen molar-refractivity contribution in [2.45, 2.75) is 19.8 Å². The van der Waals surface area contributed by atoms with Crippen LogP contribution < -0.4 is 5.63 Å². The van der Waals surface area contributed by atoms with Crippen molar-refractivity contribution in [1.29, 1.82) is 0 Å². The van der Waals surface area contributed by atoms with Crippen LogP contribution in [0, 0.1) is 5.92 Å². The Morgan fingerprint density at radius 1 is 1.29 bits per heavy atom.